The number of nitrogens with one attached hydrogen (secondary N) is 1. The maximum atomic E-state index is 11.6. The average Bonchev–Trinajstić information content (AvgIpc) is 2.88. The maximum Gasteiger partial charge on any atom is 0.257 e. The Balaban J connectivity index is 1.72. The lowest BCUT2D eigenvalue weighted by Crippen LogP contribution is -2.30. The predicted molar refractivity (Wildman–Crippen MR) is 83.0 cm³/mol. The molecule has 0 bridgehead atoms. The molecule has 6 heteroatoms. The molecule has 1 heterocycles. The van der Waals surface area contributed by atoms with Crippen molar-refractivity contribution < 1.29 is 9.53 Å². The molecule has 0 atom stereocenters. The van der Waals surface area contributed by atoms with E-state index in [1.165, 1.54) is 4.88 Å². The van der Waals surface area contributed by atoms with Crippen LogP contribution in [0.25, 0.3) is 0 Å². The summed E-state index contributed by atoms with van der Waals surface area (Å²) >= 11 is 13.4. The minimum Gasteiger partial charge on any atom is -0.484 e. The first kappa shape index (κ1) is 15.2. The van der Waals surface area contributed by atoms with E-state index in [0.29, 0.717) is 22.3 Å². The van der Waals surface area contributed by atoms with Crippen molar-refractivity contribution in [2.75, 3.05) is 13.2 Å². The highest BCUT2D eigenvalue weighted by atomic mass is 35.5. The third-order valence-corrected chi connectivity index (χ3v) is 3.85. The van der Waals surface area contributed by atoms with E-state index >= 15 is 0 Å². The predicted octanol–water partition coefficient (Wildman–Crippen LogP) is 3.79. The van der Waals surface area contributed by atoms with Crippen LogP contribution in [0.5, 0.6) is 5.75 Å². The summed E-state index contributed by atoms with van der Waals surface area (Å²) in [7, 11) is 0. The van der Waals surface area contributed by atoms with Crippen molar-refractivity contribution in [3.63, 3.8) is 0 Å². The number of carbonyl (C=O) groups excluding carboxylic acids is 1. The SMILES string of the molecule is O=C(COc1cc(Cl)cc(Cl)c1)NCCc1cccs1. The first-order valence-corrected chi connectivity index (χ1v) is 7.65. The first-order valence-electron chi connectivity index (χ1n) is 6.01. The average molecular weight is 330 g/mol. The first-order chi connectivity index (χ1) is 9.63. The number of hydrogen-bond acceptors (Lipinski definition) is 3. The van der Waals surface area contributed by atoms with Crippen molar-refractivity contribution in [2.24, 2.45) is 0 Å². The van der Waals surface area contributed by atoms with Crippen molar-refractivity contribution in [1.82, 2.24) is 5.32 Å². The van der Waals surface area contributed by atoms with E-state index in [0.717, 1.165) is 6.42 Å². The topological polar surface area (TPSA) is 38.3 Å². The molecule has 0 radical (unpaired) electrons. The second kappa shape index (κ2) is 7.53. The minimum atomic E-state index is -0.169. The number of ether oxygens (including phenoxy) is 1. The Hall–Kier alpha value is -1.23. The van der Waals surface area contributed by atoms with Gasteiger partial charge in [-0.3, -0.25) is 4.79 Å². The van der Waals surface area contributed by atoms with Gasteiger partial charge in [-0.25, -0.2) is 0 Å². The van der Waals surface area contributed by atoms with Crippen LogP contribution in [0, 0.1) is 0 Å². The molecule has 1 N–H and O–H groups in total. The smallest absolute Gasteiger partial charge is 0.257 e. The maximum absolute atomic E-state index is 11.6. The second-order valence-corrected chi connectivity index (χ2v) is 5.98. The molecule has 2 rings (SSSR count). The van der Waals surface area contributed by atoms with Gasteiger partial charge in [-0.1, -0.05) is 29.3 Å². The number of thiophene rings is 1. The van der Waals surface area contributed by atoms with Gasteiger partial charge in [0.1, 0.15) is 5.75 Å². The second-order valence-electron chi connectivity index (χ2n) is 4.07. The molecule has 20 heavy (non-hydrogen) atoms. The van der Waals surface area contributed by atoms with E-state index in [9.17, 15) is 4.79 Å². The van der Waals surface area contributed by atoms with Crippen LogP contribution in [0.4, 0.5) is 0 Å². The molecule has 0 saturated heterocycles. The van der Waals surface area contributed by atoms with Gasteiger partial charge in [0.2, 0.25) is 0 Å². The van der Waals surface area contributed by atoms with E-state index in [-0.39, 0.29) is 12.5 Å². The van der Waals surface area contributed by atoms with E-state index in [2.05, 4.69) is 5.32 Å². The lowest BCUT2D eigenvalue weighted by molar-refractivity contribution is -0.123. The van der Waals surface area contributed by atoms with Gasteiger partial charge in [-0.15, -0.1) is 11.3 Å². The summed E-state index contributed by atoms with van der Waals surface area (Å²) in [6, 6.07) is 8.88. The fourth-order valence-electron chi connectivity index (χ4n) is 1.59. The van der Waals surface area contributed by atoms with E-state index in [1.54, 1.807) is 29.5 Å². The van der Waals surface area contributed by atoms with Crippen LogP contribution in [-0.4, -0.2) is 19.1 Å². The Morgan fingerprint density at radius 3 is 2.65 bits per heavy atom. The van der Waals surface area contributed by atoms with Gasteiger partial charge in [-0.05, 0) is 36.1 Å². The number of benzene rings is 1. The Labute approximate surface area is 131 Å². The Kier molecular flexibility index (Phi) is 5.71. The molecular formula is C14H13Cl2NO2S. The number of hydrogen-bond donors (Lipinski definition) is 1. The quantitative estimate of drug-likeness (QED) is 0.875. The third-order valence-electron chi connectivity index (χ3n) is 2.48. The van der Waals surface area contributed by atoms with Gasteiger partial charge in [-0.2, -0.15) is 0 Å². The molecule has 0 saturated carbocycles. The van der Waals surface area contributed by atoms with E-state index in [4.69, 9.17) is 27.9 Å². The largest absolute Gasteiger partial charge is 0.484 e. The van der Waals surface area contributed by atoms with Crippen molar-refractivity contribution in [1.29, 1.82) is 0 Å². The monoisotopic (exact) mass is 329 g/mol. The van der Waals surface area contributed by atoms with E-state index in [1.807, 2.05) is 17.5 Å². The number of rotatable bonds is 6. The molecule has 0 fully saturated rings. The summed E-state index contributed by atoms with van der Waals surface area (Å²) < 4.78 is 5.34. The summed E-state index contributed by atoms with van der Waals surface area (Å²) in [4.78, 5) is 12.9. The molecule has 0 aliphatic heterocycles. The summed E-state index contributed by atoms with van der Waals surface area (Å²) in [5, 5.41) is 5.77. The zero-order valence-corrected chi connectivity index (χ0v) is 12.9. The summed E-state index contributed by atoms with van der Waals surface area (Å²) in [5.74, 6) is 0.313. The molecule has 1 aromatic heterocycles. The molecule has 0 aliphatic rings. The van der Waals surface area contributed by atoms with Crippen LogP contribution in [-0.2, 0) is 11.2 Å². The van der Waals surface area contributed by atoms with Crippen molar-refractivity contribution in [3.05, 3.63) is 50.6 Å². The Morgan fingerprint density at radius 2 is 2.00 bits per heavy atom. The van der Waals surface area contributed by atoms with Gasteiger partial charge < -0.3 is 10.1 Å². The zero-order valence-electron chi connectivity index (χ0n) is 10.6. The Morgan fingerprint density at radius 1 is 1.25 bits per heavy atom. The molecule has 0 unspecified atom stereocenters. The lowest BCUT2D eigenvalue weighted by atomic mass is 10.3. The molecule has 1 aromatic carbocycles. The van der Waals surface area contributed by atoms with Crippen molar-refractivity contribution in [2.45, 2.75) is 6.42 Å². The fourth-order valence-corrected chi connectivity index (χ4v) is 2.81. The van der Waals surface area contributed by atoms with E-state index < -0.39 is 0 Å². The normalized spacial score (nSPS) is 10.3. The number of halogens is 2. The van der Waals surface area contributed by atoms with Crippen molar-refractivity contribution >= 4 is 40.4 Å². The van der Waals surface area contributed by atoms with Gasteiger partial charge in [0.25, 0.3) is 5.91 Å². The molecule has 1 amide bonds. The number of amides is 1. The third kappa shape index (κ3) is 5.04. The summed E-state index contributed by atoms with van der Waals surface area (Å²) in [6.07, 6.45) is 0.826. The fraction of sp³-hybridized carbons (Fsp3) is 0.214. The van der Waals surface area contributed by atoms with Gasteiger partial charge >= 0.3 is 0 Å². The highest BCUT2D eigenvalue weighted by Crippen LogP contribution is 2.23. The highest BCUT2D eigenvalue weighted by Gasteiger charge is 2.04. The molecule has 0 aliphatic carbocycles. The van der Waals surface area contributed by atoms with Crippen LogP contribution >= 0.6 is 34.5 Å². The molecule has 2 aromatic rings. The zero-order chi connectivity index (χ0) is 14.4. The van der Waals surface area contributed by atoms with Crippen LogP contribution < -0.4 is 10.1 Å². The Bertz CT molecular complexity index is 552. The van der Waals surface area contributed by atoms with Gasteiger partial charge in [0, 0.05) is 21.5 Å². The summed E-state index contributed by atoms with van der Waals surface area (Å²) in [5.41, 5.74) is 0. The van der Waals surface area contributed by atoms with Crippen molar-refractivity contribution in [3.8, 4) is 5.75 Å². The lowest BCUT2D eigenvalue weighted by Gasteiger charge is -2.08. The van der Waals surface area contributed by atoms with Crippen LogP contribution in [0.2, 0.25) is 10.0 Å². The minimum absolute atomic E-state index is 0.0545. The molecule has 106 valence electrons. The van der Waals surface area contributed by atoms with Gasteiger partial charge in [0.15, 0.2) is 6.61 Å². The van der Waals surface area contributed by atoms with Crippen LogP contribution in [0.3, 0.4) is 0 Å². The van der Waals surface area contributed by atoms with Gasteiger partial charge in [0.05, 0.1) is 0 Å². The molecule has 3 nitrogen and oxygen atoms in total. The van der Waals surface area contributed by atoms with Crippen LogP contribution in [0.15, 0.2) is 35.7 Å². The molecule has 0 spiro atoms. The molecular weight excluding hydrogens is 317 g/mol. The standard InChI is InChI=1S/C14H13Cl2NO2S/c15-10-6-11(16)8-12(7-10)19-9-14(18)17-4-3-13-2-1-5-20-13/h1-2,5-8H,3-4,9H2,(H,17,18). The number of carbonyl (C=O) groups is 1. The highest BCUT2D eigenvalue weighted by molar-refractivity contribution is 7.09. The van der Waals surface area contributed by atoms with Crippen LogP contribution in [0.1, 0.15) is 4.88 Å². The summed E-state index contributed by atoms with van der Waals surface area (Å²) in [6.45, 7) is 0.542.